The number of anilines is 3. The van der Waals surface area contributed by atoms with Gasteiger partial charge in [-0.2, -0.15) is 0 Å². The normalized spacial score (nSPS) is 16.9. The van der Waals surface area contributed by atoms with Crippen LogP contribution in [0.5, 0.6) is 0 Å². The van der Waals surface area contributed by atoms with Gasteiger partial charge < -0.3 is 18.9 Å². The van der Waals surface area contributed by atoms with Gasteiger partial charge in [-0.05, 0) is 78.1 Å². The lowest BCUT2D eigenvalue weighted by atomic mass is 9.74. The minimum absolute atomic E-state index is 0.0855. The van der Waals surface area contributed by atoms with Crippen molar-refractivity contribution in [3.05, 3.63) is 47.7 Å². The molecule has 10 nitrogen and oxygen atoms in total. The molecule has 3 heterocycles. The number of rotatable bonds is 2. The van der Waals surface area contributed by atoms with E-state index in [4.69, 9.17) is 18.9 Å². The summed E-state index contributed by atoms with van der Waals surface area (Å²) in [4.78, 5) is 47.8. The van der Waals surface area contributed by atoms with E-state index in [1.54, 1.807) is 78.1 Å². The quantitative estimate of drug-likeness (QED) is 0.357. The van der Waals surface area contributed by atoms with Gasteiger partial charge in [0, 0.05) is 25.0 Å². The summed E-state index contributed by atoms with van der Waals surface area (Å²) in [6.07, 6.45) is 1.18. The molecule has 1 saturated heterocycles. The van der Waals surface area contributed by atoms with E-state index in [9.17, 15) is 14.4 Å². The molecular weight excluding hydrogens is 502 g/mol. The van der Waals surface area contributed by atoms with E-state index in [1.165, 1.54) is 16.9 Å². The van der Waals surface area contributed by atoms with Gasteiger partial charge in [-0.3, -0.25) is 9.69 Å². The van der Waals surface area contributed by atoms with Crippen LogP contribution in [-0.2, 0) is 35.7 Å². The molecule has 1 aromatic carbocycles. The average molecular weight is 540 g/mol. The van der Waals surface area contributed by atoms with Crippen LogP contribution in [0.1, 0.15) is 65.5 Å². The maximum Gasteiger partial charge on any atom is 0.420 e. The number of esters is 1. The van der Waals surface area contributed by atoms with Crippen LogP contribution >= 0.6 is 0 Å². The predicted molar refractivity (Wildman–Crippen MR) is 145 cm³/mol. The number of methoxy groups -OCH3 is 1. The summed E-state index contributed by atoms with van der Waals surface area (Å²) in [7, 11) is 1.36. The van der Waals surface area contributed by atoms with Gasteiger partial charge in [0.15, 0.2) is 0 Å². The van der Waals surface area contributed by atoms with Gasteiger partial charge in [0.25, 0.3) is 0 Å². The van der Waals surface area contributed by atoms with E-state index in [-0.39, 0.29) is 12.5 Å². The second-order valence-corrected chi connectivity index (χ2v) is 11.8. The Morgan fingerprint density at radius 1 is 0.923 bits per heavy atom. The van der Waals surface area contributed by atoms with Crippen molar-refractivity contribution in [1.29, 1.82) is 0 Å². The first-order valence-electron chi connectivity index (χ1n) is 13.0. The number of aromatic nitrogens is 1. The highest BCUT2D eigenvalue weighted by Gasteiger charge is 2.45. The molecule has 2 aliphatic rings. The molecule has 0 N–H and O–H groups in total. The van der Waals surface area contributed by atoms with Gasteiger partial charge in [0.1, 0.15) is 17.0 Å². The maximum absolute atomic E-state index is 13.6. The van der Waals surface area contributed by atoms with Crippen LogP contribution in [0.4, 0.5) is 26.8 Å². The Balaban J connectivity index is 1.96. The third-order valence-corrected chi connectivity index (χ3v) is 6.58. The lowest BCUT2D eigenvalue weighted by Gasteiger charge is -2.36. The first-order valence-corrected chi connectivity index (χ1v) is 13.0. The highest BCUT2D eigenvalue weighted by atomic mass is 16.6. The van der Waals surface area contributed by atoms with Gasteiger partial charge in [-0.1, -0.05) is 12.1 Å². The molecule has 0 unspecified atom stereocenters. The average Bonchev–Trinajstić information content (AvgIpc) is 3.01. The molecule has 2 amide bonds. The highest BCUT2D eigenvalue weighted by molar-refractivity contribution is 6.04. The molecule has 0 spiro atoms. The van der Waals surface area contributed by atoms with E-state index in [0.717, 1.165) is 0 Å². The smallest absolute Gasteiger partial charge is 0.420 e. The van der Waals surface area contributed by atoms with Crippen LogP contribution in [0.25, 0.3) is 0 Å². The van der Waals surface area contributed by atoms with Crippen LogP contribution in [0.3, 0.4) is 0 Å². The standard InChI is InChI=1S/C29H37N3O7/c1-27(2,3)38-25(34)31-18-19-9-8-14-30-23(19)32(26(35)39-28(4,5)6)21-11-10-20(17-22(21)31)29(24(33)36-7)12-15-37-16-13-29/h8-11,14,17H,12-13,15-16,18H2,1-7H3. The summed E-state index contributed by atoms with van der Waals surface area (Å²) in [5.41, 5.74) is -0.453. The third kappa shape index (κ3) is 5.85. The van der Waals surface area contributed by atoms with Gasteiger partial charge in [-0.15, -0.1) is 0 Å². The maximum atomic E-state index is 13.6. The zero-order chi connectivity index (χ0) is 28.6. The van der Waals surface area contributed by atoms with E-state index >= 15 is 0 Å². The number of carbonyl (C=O) groups is 3. The van der Waals surface area contributed by atoms with E-state index in [0.29, 0.717) is 54.4 Å². The molecule has 2 aliphatic heterocycles. The third-order valence-electron chi connectivity index (χ3n) is 6.58. The predicted octanol–water partition coefficient (Wildman–Crippen LogP) is 5.63. The molecule has 2 aromatic rings. The van der Waals surface area contributed by atoms with Crippen molar-refractivity contribution < 1.29 is 33.3 Å². The second-order valence-electron chi connectivity index (χ2n) is 11.8. The molecular formula is C29H37N3O7. The Morgan fingerprint density at radius 2 is 1.56 bits per heavy atom. The number of hydrogen-bond donors (Lipinski definition) is 0. The summed E-state index contributed by atoms with van der Waals surface area (Å²) in [5, 5.41) is 0. The molecule has 4 rings (SSSR count). The Kier molecular flexibility index (Phi) is 7.62. The van der Waals surface area contributed by atoms with Crippen LogP contribution in [-0.4, -0.2) is 54.7 Å². The molecule has 39 heavy (non-hydrogen) atoms. The van der Waals surface area contributed by atoms with Crippen molar-refractivity contribution in [1.82, 2.24) is 4.98 Å². The topological polar surface area (TPSA) is 108 Å². The molecule has 0 saturated carbocycles. The van der Waals surface area contributed by atoms with Gasteiger partial charge in [0.05, 0.1) is 30.4 Å². The second kappa shape index (κ2) is 10.5. The van der Waals surface area contributed by atoms with Crippen molar-refractivity contribution in [2.45, 2.75) is 77.5 Å². The monoisotopic (exact) mass is 539 g/mol. The molecule has 210 valence electrons. The fourth-order valence-electron chi connectivity index (χ4n) is 4.85. The summed E-state index contributed by atoms with van der Waals surface area (Å²) in [6, 6.07) is 8.83. The van der Waals surface area contributed by atoms with Crippen molar-refractivity contribution >= 4 is 35.3 Å². The van der Waals surface area contributed by atoms with Crippen LogP contribution in [0, 0.1) is 0 Å². The summed E-state index contributed by atoms with van der Waals surface area (Å²) >= 11 is 0. The molecule has 0 aliphatic carbocycles. The van der Waals surface area contributed by atoms with Crippen LogP contribution < -0.4 is 9.80 Å². The zero-order valence-electron chi connectivity index (χ0n) is 23.7. The number of fused-ring (bicyclic) bond motifs is 2. The largest absolute Gasteiger partial charge is 0.468 e. The zero-order valence-corrected chi connectivity index (χ0v) is 23.7. The molecule has 0 radical (unpaired) electrons. The molecule has 1 aromatic heterocycles. The highest BCUT2D eigenvalue weighted by Crippen LogP contribution is 2.45. The fraction of sp³-hybridized carbons (Fsp3) is 0.517. The van der Waals surface area contributed by atoms with E-state index < -0.39 is 28.8 Å². The molecule has 10 heteroatoms. The fourth-order valence-corrected chi connectivity index (χ4v) is 4.85. The number of ether oxygens (including phenoxy) is 4. The number of amides is 2. The number of nitrogens with zero attached hydrogens (tertiary/aromatic N) is 3. The molecule has 0 bridgehead atoms. The Bertz CT molecular complexity index is 1260. The van der Waals surface area contributed by atoms with Crippen molar-refractivity contribution in [3.63, 3.8) is 0 Å². The van der Waals surface area contributed by atoms with Gasteiger partial charge >= 0.3 is 18.2 Å². The van der Waals surface area contributed by atoms with Crippen LogP contribution in [0.2, 0.25) is 0 Å². The van der Waals surface area contributed by atoms with Gasteiger partial charge in [-0.25, -0.2) is 19.5 Å². The van der Waals surface area contributed by atoms with E-state index in [1.807, 2.05) is 0 Å². The lowest BCUT2D eigenvalue weighted by Crippen LogP contribution is -2.42. The summed E-state index contributed by atoms with van der Waals surface area (Å²) in [6.45, 7) is 11.6. The minimum atomic E-state index is -0.963. The van der Waals surface area contributed by atoms with Crippen molar-refractivity contribution in [2.24, 2.45) is 0 Å². The number of hydrogen-bond acceptors (Lipinski definition) is 8. The lowest BCUT2D eigenvalue weighted by molar-refractivity contribution is -0.151. The summed E-state index contributed by atoms with van der Waals surface area (Å²) < 4.78 is 22.3. The first-order chi connectivity index (χ1) is 18.3. The first kappa shape index (κ1) is 28.4. The van der Waals surface area contributed by atoms with Gasteiger partial charge in [0.2, 0.25) is 0 Å². The number of carbonyl (C=O) groups excluding carboxylic acids is 3. The van der Waals surface area contributed by atoms with Crippen LogP contribution in [0.15, 0.2) is 36.5 Å². The Labute approximate surface area is 229 Å². The molecule has 0 atom stereocenters. The minimum Gasteiger partial charge on any atom is -0.468 e. The Morgan fingerprint density at radius 3 is 2.18 bits per heavy atom. The summed E-state index contributed by atoms with van der Waals surface area (Å²) in [5.74, 6) is -0.0299. The van der Waals surface area contributed by atoms with Crippen molar-refractivity contribution in [2.75, 3.05) is 30.1 Å². The number of pyridine rings is 1. The van der Waals surface area contributed by atoms with Crippen molar-refractivity contribution in [3.8, 4) is 0 Å². The SMILES string of the molecule is COC(=O)C1(c2ccc3c(c2)N(C(=O)OC(C)(C)C)Cc2cccnc2N3C(=O)OC(C)(C)C)CCOCC1. The Hall–Kier alpha value is -3.66. The molecule has 1 fully saturated rings. The van der Waals surface area contributed by atoms with E-state index in [2.05, 4.69) is 4.98 Å². The number of benzene rings is 1.